The summed E-state index contributed by atoms with van der Waals surface area (Å²) in [6.45, 7) is 1.76. The molecule has 4 heterocycles. The summed E-state index contributed by atoms with van der Waals surface area (Å²) in [5.41, 5.74) is 1.20. The highest BCUT2D eigenvalue weighted by molar-refractivity contribution is 5.82. The smallest absolute Gasteiger partial charge is 0.260 e. The van der Waals surface area contributed by atoms with Crippen LogP contribution in [0.1, 0.15) is 62.8 Å². The van der Waals surface area contributed by atoms with E-state index in [1.807, 2.05) is 23.1 Å². The van der Waals surface area contributed by atoms with E-state index < -0.39 is 0 Å². The van der Waals surface area contributed by atoms with Gasteiger partial charge in [-0.05, 0) is 68.9 Å². The second-order valence-electron chi connectivity index (χ2n) is 9.55. The average molecular weight is 443 g/mol. The molecule has 1 N–H and O–H groups in total. The summed E-state index contributed by atoms with van der Waals surface area (Å²) >= 11 is 0. The van der Waals surface area contributed by atoms with Crippen molar-refractivity contribution in [3.63, 3.8) is 0 Å². The first-order valence-electron chi connectivity index (χ1n) is 12.2. The first-order valence-corrected chi connectivity index (χ1v) is 12.2. The van der Waals surface area contributed by atoms with Crippen molar-refractivity contribution in [3.05, 3.63) is 29.8 Å². The number of hydrogen-bond donors (Lipinski definition) is 1. The third-order valence-electron chi connectivity index (χ3n) is 7.54. The van der Waals surface area contributed by atoms with Crippen molar-refractivity contribution in [1.82, 2.24) is 10.2 Å². The molecule has 1 saturated carbocycles. The Bertz CT molecular complexity index is 816. The number of carbonyl (C=O) groups is 2. The van der Waals surface area contributed by atoms with Crippen LogP contribution in [0.15, 0.2) is 24.3 Å². The van der Waals surface area contributed by atoms with Gasteiger partial charge in [-0.15, -0.1) is 0 Å². The zero-order chi connectivity index (χ0) is 21.9. The molecule has 3 atom stereocenters. The van der Waals surface area contributed by atoms with Gasteiger partial charge in [-0.1, -0.05) is 18.2 Å². The maximum atomic E-state index is 13.2. The number of piperidine rings is 1. The van der Waals surface area contributed by atoms with E-state index in [1.54, 1.807) is 0 Å². The van der Waals surface area contributed by atoms with Crippen LogP contribution in [0.5, 0.6) is 5.75 Å². The molecule has 6 rings (SSSR count). The van der Waals surface area contributed by atoms with Crippen molar-refractivity contribution in [2.24, 2.45) is 0 Å². The highest BCUT2D eigenvalue weighted by Gasteiger charge is 2.38. The lowest BCUT2D eigenvalue weighted by Gasteiger charge is -2.42. The summed E-state index contributed by atoms with van der Waals surface area (Å²) in [5.74, 6) is 1.16. The molecule has 4 aliphatic heterocycles. The van der Waals surface area contributed by atoms with Gasteiger partial charge in [-0.3, -0.25) is 9.59 Å². The van der Waals surface area contributed by atoms with Crippen LogP contribution in [0.3, 0.4) is 0 Å². The Morgan fingerprint density at radius 1 is 1.00 bits per heavy atom. The molecule has 2 amide bonds. The highest BCUT2D eigenvalue weighted by Crippen LogP contribution is 2.38. The molecule has 3 fully saturated rings. The molecule has 5 aliphatic rings. The summed E-state index contributed by atoms with van der Waals surface area (Å²) < 4.78 is 18.0. The van der Waals surface area contributed by atoms with E-state index in [2.05, 4.69) is 11.4 Å². The van der Waals surface area contributed by atoms with Crippen molar-refractivity contribution < 1.29 is 23.8 Å². The second kappa shape index (κ2) is 9.79. The van der Waals surface area contributed by atoms with E-state index in [0.29, 0.717) is 25.7 Å². The van der Waals surface area contributed by atoms with E-state index in [9.17, 15) is 9.59 Å². The third-order valence-corrected chi connectivity index (χ3v) is 7.54. The number of hydrogen-bond acceptors (Lipinski definition) is 5. The zero-order valence-corrected chi connectivity index (χ0v) is 18.7. The van der Waals surface area contributed by atoms with Crippen LogP contribution in [-0.2, 0) is 19.1 Å². The molecular weight excluding hydrogens is 408 g/mol. The molecule has 7 heteroatoms. The van der Waals surface area contributed by atoms with E-state index in [-0.39, 0.29) is 42.7 Å². The van der Waals surface area contributed by atoms with Crippen LogP contribution in [0.4, 0.5) is 0 Å². The fourth-order valence-corrected chi connectivity index (χ4v) is 5.75. The van der Waals surface area contributed by atoms with E-state index in [0.717, 1.165) is 57.1 Å². The quantitative estimate of drug-likeness (QED) is 0.762. The molecule has 0 aromatic heterocycles. The van der Waals surface area contributed by atoms with Crippen LogP contribution in [0.2, 0.25) is 0 Å². The lowest BCUT2D eigenvalue weighted by Crippen LogP contribution is -2.60. The first kappa shape index (κ1) is 21.7. The number of fused-ring (bicyclic) bond motifs is 5. The normalized spacial score (nSPS) is 33.2. The lowest BCUT2D eigenvalue weighted by atomic mass is 9.82. The summed E-state index contributed by atoms with van der Waals surface area (Å²) in [7, 11) is 0. The lowest BCUT2D eigenvalue weighted by molar-refractivity contribution is -0.143. The summed E-state index contributed by atoms with van der Waals surface area (Å²) in [6, 6.07) is 7.81. The molecule has 0 radical (unpaired) electrons. The van der Waals surface area contributed by atoms with Gasteiger partial charge in [0, 0.05) is 13.2 Å². The van der Waals surface area contributed by atoms with Gasteiger partial charge in [0.25, 0.3) is 5.91 Å². The van der Waals surface area contributed by atoms with E-state index in [1.165, 1.54) is 5.56 Å². The summed E-state index contributed by atoms with van der Waals surface area (Å²) in [6.07, 6.45) is 7.34. The fourth-order valence-electron chi connectivity index (χ4n) is 5.75. The Morgan fingerprint density at radius 3 is 2.66 bits per heavy atom. The predicted octanol–water partition coefficient (Wildman–Crippen LogP) is 2.78. The number of ether oxygens (including phenoxy) is 3. The molecule has 1 aliphatic carbocycles. The number of rotatable bonds is 2. The Hall–Kier alpha value is -2.12. The van der Waals surface area contributed by atoms with Crippen molar-refractivity contribution in [2.75, 3.05) is 26.4 Å². The van der Waals surface area contributed by atoms with Crippen LogP contribution in [0.25, 0.3) is 0 Å². The zero-order valence-electron chi connectivity index (χ0n) is 18.7. The molecule has 0 spiro atoms. The number of amides is 2. The number of para-hydroxylation sites is 1. The molecule has 2 bridgehead atoms. The molecule has 7 nitrogen and oxygen atoms in total. The van der Waals surface area contributed by atoms with Crippen molar-refractivity contribution in [1.29, 1.82) is 0 Å². The molecule has 2 saturated heterocycles. The van der Waals surface area contributed by atoms with E-state index >= 15 is 0 Å². The van der Waals surface area contributed by atoms with Crippen LogP contribution in [0, 0.1) is 0 Å². The van der Waals surface area contributed by atoms with E-state index in [4.69, 9.17) is 14.2 Å². The first-order chi connectivity index (χ1) is 15.7. The number of benzene rings is 1. The van der Waals surface area contributed by atoms with Crippen LogP contribution in [-0.4, -0.2) is 67.4 Å². The predicted molar refractivity (Wildman–Crippen MR) is 119 cm³/mol. The van der Waals surface area contributed by atoms with Gasteiger partial charge >= 0.3 is 0 Å². The van der Waals surface area contributed by atoms with Crippen LogP contribution < -0.4 is 10.1 Å². The highest BCUT2D eigenvalue weighted by atomic mass is 16.5. The van der Waals surface area contributed by atoms with Gasteiger partial charge in [0.15, 0.2) is 6.61 Å². The molecule has 32 heavy (non-hydrogen) atoms. The molecule has 1 aromatic rings. The topological polar surface area (TPSA) is 77.1 Å². The van der Waals surface area contributed by atoms with Crippen LogP contribution >= 0.6 is 0 Å². The Labute approximate surface area is 189 Å². The minimum Gasteiger partial charge on any atom is -0.483 e. The van der Waals surface area contributed by atoms with Gasteiger partial charge in [0.2, 0.25) is 5.91 Å². The second-order valence-corrected chi connectivity index (χ2v) is 9.55. The monoisotopic (exact) mass is 442 g/mol. The fraction of sp³-hybridized carbons (Fsp3) is 0.680. The van der Waals surface area contributed by atoms with Gasteiger partial charge < -0.3 is 24.4 Å². The Kier molecular flexibility index (Phi) is 6.64. The van der Waals surface area contributed by atoms with Crippen molar-refractivity contribution in [2.45, 2.75) is 81.6 Å². The minimum atomic E-state index is -0.369. The summed E-state index contributed by atoms with van der Waals surface area (Å²) in [4.78, 5) is 27.9. The third kappa shape index (κ3) is 4.64. The minimum absolute atomic E-state index is 0.00998. The number of carbonyl (C=O) groups excluding carboxylic acids is 2. The summed E-state index contributed by atoms with van der Waals surface area (Å²) in [5, 5.41) is 3.18. The van der Waals surface area contributed by atoms with Gasteiger partial charge in [0.05, 0.1) is 24.8 Å². The van der Waals surface area contributed by atoms with Crippen molar-refractivity contribution >= 4 is 11.8 Å². The number of nitrogens with one attached hydrogen (secondary N) is 1. The maximum Gasteiger partial charge on any atom is 0.260 e. The molecule has 174 valence electrons. The largest absolute Gasteiger partial charge is 0.483 e. The van der Waals surface area contributed by atoms with Gasteiger partial charge in [-0.25, -0.2) is 0 Å². The molecule has 1 aromatic carbocycles. The standard InChI is InChI=1S/C25H34N2O5/c28-24-16-32-22-7-2-1-5-19(22)17-9-11-18(12-10-17)31-15-21-20(6-3-13-27(21)24)26-25(29)23-8-4-14-30-23/h1-2,5,7,17-18,20-21,23H,3-4,6,8-16H2,(H,26,29)/t17?,18?,20-,21-,23-/m0/s1. The Balaban J connectivity index is 1.36. The van der Waals surface area contributed by atoms with Gasteiger partial charge in [0.1, 0.15) is 11.9 Å². The molecule has 0 unspecified atom stereocenters. The molecular formula is C25H34N2O5. The number of nitrogens with zero attached hydrogens (tertiary/aromatic N) is 1. The average Bonchev–Trinajstić information content (AvgIpc) is 3.37. The van der Waals surface area contributed by atoms with Crippen molar-refractivity contribution in [3.8, 4) is 5.75 Å². The maximum absolute atomic E-state index is 13.2. The SMILES string of the molecule is O=C(N[C@H]1CCCN2C(=O)COc3ccccc3C3CCC(CC3)OC[C@@H]12)[C@@H]1CCCO1. The van der Waals surface area contributed by atoms with Gasteiger partial charge in [-0.2, -0.15) is 0 Å². The Morgan fingerprint density at radius 2 is 1.84 bits per heavy atom.